The first kappa shape index (κ1) is 16.1. The Hall–Kier alpha value is -2.73. The van der Waals surface area contributed by atoms with E-state index in [0.717, 1.165) is 12.0 Å². The molecule has 0 fully saturated rings. The second kappa shape index (κ2) is 7.23. The van der Waals surface area contributed by atoms with Gasteiger partial charge >= 0.3 is 0 Å². The maximum atomic E-state index is 12.4. The highest BCUT2D eigenvalue weighted by Crippen LogP contribution is 2.19. The zero-order valence-electron chi connectivity index (χ0n) is 13.1. The second-order valence-corrected chi connectivity index (χ2v) is 5.62. The van der Waals surface area contributed by atoms with E-state index in [1.807, 2.05) is 37.3 Å². The molecule has 0 spiro atoms. The van der Waals surface area contributed by atoms with Gasteiger partial charge in [-0.15, -0.1) is 5.10 Å². The maximum Gasteiger partial charge on any atom is 0.273 e. The molecule has 122 valence electrons. The summed E-state index contributed by atoms with van der Waals surface area (Å²) in [5, 5.41) is 11.4. The Kier molecular flexibility index (Phi) is 4.86. The largest absolute Gasteiger partial charge is 0.344 e. The molecule has 0 bridgehead atoms. The molecule has 0 unspecified atom stereocenters. The lowest BCUT2D eigenvalue weighted by atomic mass is 10.1. The predicted octanol–water partition coefficient (Wildman–Crippen LogP) is 3.20. The van der Waals surface area contributed by atoms with Gasteiger partial charge in [-0.2, -0.15) is 0 Å². The highest BCUT2D eigenvalue weighted by atomic mass is 35.5. The van der Waals surface area contributed by atoms with Crippen molar-refractivity contribution in [3.63, 3.8) is 0 Å². The highest BCUT2D eigenvalue weighted by molar-refractivity contribution is 6.32. The number of para-hydroxylation sites is 1. The molecule has 0 aliphatic heterocycles. The lowest BCUT2D eigenvalue weighted by molar-refractivity contribution is 0.0930. The van der Waals surface area contributed by atoms with E-state index >= 15 is 0 Å². The van der Waals surface area contributed by atoms with E-state index < -0.39 is 0 Å². The van der Waals surface area contributed by atoms with E-state index in [1.54, 1.807) is 24.7 Å². The lowest BCUT2D eigenvalue weighted by Gasteiger charge is -2.16. The van der Waals surface area contributed by atoms with Crippen molar-refractivity contribution in [3.8, 4) is 5.69 Å². The lowest BCUT2D eigenvalue weighted by Crippen LogP contribution is -2.28. The zero-order valence-corrected chi connectivity index (χ0v) is 13.8. The Morgan fingerprint density at radius 2 is 2.00 bits per heavy atom. The van der Waals surface area contributed by atoms with Crippen molar-refractivity contribution in [2.24, 2.45) is 0 Å². The summed E-state index contributed by atoms with van der Waals surface area (Å²) in [7, 11) is 0. The van der Waals surface area contributed by atoms with E-state index in [1.165, 1.54) is 4.68 Å². The number of benzene rings is 1. The van der Waals surface area contributed by atoms with Crippen molar-refractivity contribution >= 4 is 17.5 Å². The molecule has 6 nitrogen and oxygen atoms in total. The van der Waals surface area contributed by atoms with Crippen LogP contribution in [-0.4, -0.2) is 25.9 Å². The molecule has 2 heterocycles. The Balaban J connectivity index is 1.78. The molecular weight excluding hydrogens is 326 g/mol. The van der Waals surface area contributed by atoms with Crippen LogP contribution in [-0.2, 0) is 0 Å². The third-order valence-electron chi connectivity index (χ3n) is 3.65. The second-order valence-electron chi connectivity index (χ2n) is 5.21. The number of hydrogen-bond donors (Lipinski definition) is 1. The summed E-state index contributed by atoms with van der Waals surface area (Å²) in [5.41, 5.74) is 1.91. The van der Waals surface area contributed by atoms with Gasteiger partial charge in [-0.1, -0.05) is 35.9 Å². The van der Waals surface area contributed by atoms with Crippen LogP contribution in [0.1, 0.15) is 35.4 Å². The van der Waals surface area contributed by atoms with E-state index in [9.17, 15) is 4.79 Å². The number of amides is 1. The quantitative estimate of drug-likeness (QED) is 0.773. The van der Waals surface area contributed by atoms with Crippen molar-refractivity contribution < 1.29 is 4.79 Å². The number of nitrogens with one attached hydrogen (secondary N) is 1. The van der Waals surface area contributed by atoms with Gasteiger partial charge in [-0.25, -0.2) is 4.68 Å². The van der Waals surface area contributed by atoms with Crippen molar-refractivity contribution in [3.05, 3.63) is 71.3 Å². The Morgan fingerprint density at radius 1 is 1.25 bits per heavy atom. The molecule has 24 heavy (non-hydrogen) atoms. The minimum Gasteiger partial charge on any atom is -0.344 e. The minimum absolute atomic E-state index is 0.106. The number of rotatable bonds is 5. The first-order valence-corrected chi connectivity index (χ1v) is 7.95. The Labute approximate surface area is 144 Å². The SMILES string of the molecule is CC[C@H](NC(=O)c1cn(-c2ccccc2Cl)nn1)c1ccncc1. The summed E-state index contributed by atoms with van der Waals surface area (Å²) in [4.78, 5) is 16.4. The van der Waals surface area contributed by atoms with Crippen LogP contribution in [0.5, 0.6) is 0 Å². The number of nitrogens with zero attached hydrogens (tertiary/aromatic N) is 4. The minimum atomic E-state index is -0.281. The fraction of sp³-hybridized carbons (Fsp3) is 0.176. The zero-order chi connectivity index (χ0) is 16.9. The van der Waals surface area contributed by atoms with Gasteiger partial charge in [0.2, 0.25) is 0 Å². The average Bonchev–Trinajstić information content (AvgIpc) is 3.10. The molecule has 0 saturated heterocycles. The van der Waals surface area contributed by atoms with Crippen molar-refractivity contribution in [1.82, 2.24) is 25.3 Å². The number of pyridine rings is 1. The van der Waals surface area contributed by atoms with Gasteiger partial charge in [-0.05, 0) is 36.2 Å². The van der Waals surface area contributed by atoms with Crippen LogP contribution in [0.3, 0.4) is 0 Å². The molecular formula is C17H16ClN5O. The van der Waals surface area contributed by atoms with Crippen molar-refractivity contribution in [1.29, 1.82) is 0 Å². The van der Waals surface area contributed by atoms with Crippen LogP contribution < -0.4 is 5.32 Å². The maximum absolute atomic E-state index is 12.4. The van der Waals surface area contributed by atoms with Crippen LogP contribution in [0.15, 0.2) is 55.0 Å². The van der Waals surface area contributed by atoms with E-state index in [0.29, 0.717) is 10.7 Å². The summed E-state index contributed by atoms with van der Waals surface area (Å²) < 4.78 is 1.49. The third-order valence-corrected chi connectivity index (χ3v) is 3.97. The van der Waals surface area contributed by atoms with Gasteiger partial charge in [0.25, 0.3) is 5.91 Å². The van der Waals surface area contributed by atoms with Gasteiger partial charge in [0.05, 0.1) is 22.9 Å². The molecule has 7 heteroatoms. The van der Waals surface area contributed by atoms with Crippen LogP contribution in [0.2, 0.25) is 5.02 Å². The predicted molar refractivity (Wildman–Crippen MR) is 91.1 cm³/mol. The summed E-state index contributed by atoms with van der Waals surface area (Å²) in [6, 6.07) is 10.9. The fourth-order valence-electron chi connectivity index (χ4n) is 2.37. The van der Waals surface area contributed by atoms with Gasteiger partial charge in [0.15, 0.2) is 5.69 Å². The molecule has 0 aliphatic rings. The third kappa shape index (κ3) is 3.44. The molecule has 0 saturated carbocycles. The normalized spacial score (nSPS) is 11.9. The first-order valence-electron chi connectivity index (χ1n) is 7.57. The molecule has 1 aromatic carbocycles. The number of aromatic nitrogens is 4. The van der Waals surface area contributed by atoms with Crippen molar-refractivity contribution in [2.45, 2.75) is 19.4 Å². The average molecular weight is 342 g/mol. The van der Waals surface area contributed by atoms with Gasteiger partial charge < -0.3 is 5.32 Å². The molecule has 1 N–H and O–H groups in total. The summed E-state index contributed by atoms with van der Waals surface area (Å²) >= 11 is 6.14. The van der Waals surface area contributed by atoms with Crippen LogP contribution >= 0.6 is 11.6 Å². The van der Waals surface area contributed by atoms with Crippen molar-refractivity contribution in [2.75, 3.05) is 0 Å². The molecule has 1 amide bonds. The molecule has 3 rings (SSSR count). The summed E-state index contributed by atoms with van der Waals surface area (Å²) in [6.45, 7) is 2.01. The smallest absolute Gasteiger partial charge is 0.273 e. The Morgan fingerprint density at radius 3 is 2.71 bits per heavy atom. The molecule has 0 aliphatic carbocycles. The molecule has 2 aromatic heterocycles. The number of carbonyl (C=O) groups is 1. The summed E-state index contributed by atoms with van der Waals surface area (Å²) in [5.74, 6) is -0.281. The molecule has 0 radical (unpaired) electrons. The number of hydrogen-bond acceptors (Lipinski definition) is 4. The number of carbonyl (C=O) groups excluding carboxylic acids is 1. The highest BCUT2D eigenvalue weighted by Gasteiger charge is 2.17. The summed E-state index contributed by atoms with van der Waals surface area (Å²) in [6.07, 6.45) is 5.74. The monoisotopic (exact) mass is 341 g/mol. The van der Waals surface area contributed by atoms with Gasteiger partial charge in [0, 0.05) is 12.4 Å². The molecule has 1 atom stereocenters. The topological polar surface area (TPSA) is 72.7 Å². The fourth-order valence-corrected chi connectivity index (χ4v) is 2.59. The van der Waals surface area contributed by atoms with Crippen LogP contribution in [0, 0.1) is 0 Å². The Bertz CT molecular complexity index is 834. The number of halogens is 1. The van der Waals surface area contributed by atoms with Crippen LogP contribution in [0.4, 0.5) is 0 Å². The van der Waals surface area contributed by atoms with E-state index in [-0.39, 0.29) is 17.6 Å². The van der Waals surface area contributed by atoms with E-state index in [2.05, 4.69) is 20.6 Å². The molecule has 3 aromatic rings. The first-order chi connectivity index (χ1) is 11.7. The standard InChI is InChI=1S/C17H16ClN5O/c1-2-14(12-7-9-19-10-8-12)20-17(24)15-11-23(22-21-15)16-6-4-3-5-13(16)18/h3-11,14H,2H2,1H3,(H,20,24)/t14-/m0/s1. The van der Waals surface area contributed by atoms with Gasteiger partial charge in [0.1, 0.15) is 0 Å². The van der Waals surface area contributed by atoms with Gasteiger partial charge in [-0.3, -0.25) is 9.78 Å². The van der Waals surface area contributed by atoms with E-state index in [4.69, 9.17) is 11.6 Å². The van der Waals surface area contributed by atoms with Crippen LogP contribution in [0.25, 0.3) is 5.69 Å².